The van der Waals surface area contributed by atoms with Gasteiger partial charge in [0.25, 0.3) is 0 Å². The van der Waals surface area contributed by atoms with Crippen molar-refractivity contribution in [2.24, 2.45) is 28.9 Å². The molecule has 3 aliphatic heterocycles. The second-order valence-electron chi connectivity index (χ2n) is 17.4. The monoisotopic (exact) mass is 668 g/mol. The van der Waals surface area contributed by atoms with Crippen molar-refractivity contribution >= 4 is 5.97 Å². The minimum Gasteiger partial charge on any atom is -0.481 e. The predicted molar refractivity (Wildman–Crippen MR) is 188 cm³/mol. The minimum atomic E-state index is -1.33. The number of nitrogens with one attached hydrogen (secondary N) is 3. The highest BCUT2D eigenvalue weighted by Gasteiger charge is 2.46. The minimum absolute atomic E-state index is 0.0382. The molecule has 5 aliphatic rings. The highest BCUT2D eigenvalue weighted by atomic mass is 16.4. The molecule has 270 valence electrons. The summed E-state index contributed by atoms with van der Waals surface area (Å²) < 4.78 is 0. The van der Waals surface area contributed by atoms with Crippen LogP contribution in [0.5, 0.6) is 0 Å². The zero-order valence-corrected chi connectivity index (χ0v) is 29.5. The van der Waals surface area contributed by atoms with E-state index in [0.29, 0.717) is 18.8 Å². The summed E-state index contributed by atoms with van der Waals surface area (Å²) in [4.78, 5) is 12.1. The van der Waals surface area contributed by atoms with E-state index < -0.39 is 17.7 Å². The molecule has 1 spiro atoms. The molecule has 6 rings (SSSR count). The predicted octanol–water partition coefficient (Wildman–Crippen LogP) is 4.00. The first-order chi connectivity index (χ1) is 22.8. The van der Waals surface area contributed by atoms with Crippen molar-refractivity contribution < 1.29 is 25.2 Å². The van der Waals surface area contributed by atoms with Gasteiger partial charge in [0.1, 0.15) is 0 Å². The van der Waals surface area contributed by atoms with Crippen LogP contribution in [0.4, 0.5) is 0 Å². The number of rotatable bonds is 3. The van der Waals surface area contributed by atoms with Crippen LogP contribution in [0.3, 0.4) is 0 Å². The molecular weight excluding hydrogens is 604 g/mol. The van der Waals surface area contributed by atoms with Gasteiger partial charge in [0.15, 0.2) is 0 Å². The second-order valence-corrected chi connectivity index (χ2v) is 17.4. The normalized spacial score (nSPS) is 42.8. The fourth-order valence-corrected chi connectivity index (χ4v) is 10.8. The van der Waals surface area contributed by atoms with Crippen molar-refractivity contribution in [2.45, 2.75) is 171 Å². The zero-order chi connectivity index (χ0) is 34.1. The number of β-amino-alcohol motifs (C(OH)–C–C–N with tert-alkyl or cyclic N) is 1. The van der Waals surface area contributed by atoms with Crippen LogP contribution in [0, 0.1) is 23.2 Å². The van der Waals surface area contributed by atoms with Crippen molar-refractivity contribution in [1.82, 2.24) is 16.0 Å². The number of aliphatic hydroxyl groups excluding tert-OH is 2. The Labute approximate surface area is 288 Å². The molecule has 9 N–H and O–H groups in total. The molecule has 2 saturated carbocycles. The number of hydrogen-bond acceptors (Lipinski definition) is 8. The number of aliphatic hydroxyl groups is 3. The number of carboxylic acid groups (broad SMARTS) is 1. The Morgan fingerprint density at radius 2 is 1.67 bits per heavy atom. The lowest BCUT2D eigenvalue weighted by Crippen LogP contribution is -2.63. The number of hydrogen-bond donors (Lipinski definition) is 8. The molecule has 1 aromatic carbocycles. The zero-order valence-electron chi connectivity index (χ0n) is 29.5. The average molecular weight is 669 g/mol. The van der Waals surface area contributed by atoms with Gasteiger partial charge in [-0.15, -0.1) is 0 Å². The van der Waals surface area contributed by atoms with E-state index in [1.165, 1.54) is 24.0 Å². The number of piperidine rings is 2. The Balaban J connectivity index is 1.30. The molecule has 0 aromatic heterocycles. The molecule has 4 bridgehead atoms. The SMILES string of the molecule is CC1NC(C2CCC3CCC4(CCCC4)CCC(O)(CC(=O)O)CNC4(C)CC(N)NC(Cc5cccc(c5)CC3C2O)C4)CCC1O. The fourth-order valence-electron chi connectivity index (χ4n) is 10.8. The van der Waals surface area contributed by atoms with Crippen molar-refractivity contribution in [3.05, 3.63) is 35.4 Å². The van der Waals surface area contributed by atoms with Crippen LogP contribution in [-0.4, -0.2) is 80.6 Å². The van der Waals surface area contributed by atoms with E-state index in [2.05, 4.69) is 54.1 Å². The maximum absolute atomic E-state index is 12.2. The van der Waals surface area contributed by atoms with Crippen molar-refractivity contribution in [1.29, 1.82) is 0 Å². The summed E-state index contributed by atoms with van der Waals surface area (Å²) in [6.45, 7) is 4.46. The van der Waals surface area contributed by atoms with Crippen LogP contribution >= 0.6 is 0 Å². The molecule has 11 atom stereocenters. The quantitative estimate of drug-likeness (QED) is 0.238. The first-order valence-electron chi connectivity index (χ1n) is 19.2. The summed E-state index contributed by atoms with van der Waals surface area (Å²) in [5.74, 6) is -0.234. The van der Waals surface area contributed by atoms with E-state index in [0.717, 1.165) is 77.0 Å². The Bertz CT molecular complexity index is 1240. The van der Waals surface area contributed by atoms with E-state index in [-0.39, 0.29) is 66.2 Å². The summed E-state index contributed by atoms with van der Waals surface area (Å²) in [6, 6.07) is 9.33. The van der Waals surface area contributed by atoms with Gasteiger partial charge in [0, 0.05) is 36.1 Å². The van der Waals surface area contributed by atoms with E-state index in [9.17, 15) is 25.2 Å². The Kier molecular flexibility index (Phi) is 11.3. The highest BCUT2D eigenvalue weighted by molar-refractivity contribution is 5.68. The average Bonchev–Trinajstić information content (AvgIpc) is 3.49. The number of nitrogens with two attached hydrogens (primary N) is 1. The second kappa shape index (κ2) is 14.9. The van der Waals surface area contributed by atoms with Gasteiger partial charge >= 0.3 is 5.97 Å². The molecule has 0 amide bonds. The number of carboxylic acids is 1. The summed E-state index contributed by atoms with van der Waals surface area (Å²) in [6.07, 6.45) is 13.8. The Hall–Kier alpha value is -1.59. The van der Waals surface area contributed by atoms with Crippen LogP contribution in [0.25, 0.3) is 0 Å². The summed E-state index contributed by atoms with van der Waals surface area (Å²) in [5.41, 5.74) is 7.55. The third-order valence-corrected chi connectivity index (χ3v) is 13.6. The summed E-state index contributed by atoms with van der Waals surface area (Å²) in [7, 11) is 0. The lowest BCUT2D eigenvalue weighted by molar-refractivity contribution is -0.143. The van der Waals surface area contributed by atoms with Gasteiger partial charge in [0.05, 0.1) is 30.4 Å². The maximum Gasteiger partial charge on any atom is 0.306 e. The highest BCUT2D eigenvalue weighted by Crippen LogP contribution is 2.50. The van der Waals surface area contributed by atoms with Gasteiger partial charge in [0.2, 0.25) is 0 Å². The van der Waals surface area contributed by atoms with Gasteiger partial charge in [-0.25, -0.2) is 0 Å². The third kappa shape index (κ3) is 8.64. The van der Waals surface area contributed by atoms with Crippen LogP contribution in [-0.2, 0) is 17.6 Å². The van der Waals surface area contributed by atoms with Gasteiger partial charge in [-0.1, -0.05) is 37.1 Å². The van der Waals surface area contributed by atoms with E-state index in [1.807, 2.05) is 0 Å². The Morgan fingerprint density at radius 3 is 2.40 bits per heavy atom. The molecule has 2 aliphatic carbocycles. The number of benzene rings is 1. The maximum atomic E-state index is 12.2. The molecule has 2 saturated heterocycles. The number of fused-ring (bicyclic) bond motifs is 5. The van der Waals surface area contributed by atoms with Crippen LogP contribution in [0.2, 0.25) is 0 Å². The number of carbonyl (C=O) groups is 1. The lowest BCUT2D eigenvalue weighted by atomic mass is 9.63. The molecule has 3 heterocycles. The summed E-state index contributed by atoms with van der Waals surface area (Å²) >= 11 is 0. The van der Waals surface area contributed by atoms with E-state index >= 15 is 0 Å². The van der Waals surface area contributed by atoms with Gasteiger partial charge in [-0.2, -0.15) is 0 Å². The van der Waals surface area contributed by atoms with Crippen LogP contribution in [0.1, 0.15) is 121 Å². The molecular formula is C39H64N4O5. The fraction of sp³-hybridized carbons (Fsp3) is 0.821. The largest absolute Gasteiger partial charge is 0.481 e. The van der Waals surface area contributed by atoms with Crippen molar-refractivity contribution in [3.63, 3.8) is 0 Å². The Morgan fingerprint density at radius 1 is 0.917 bits per heavy atom. The first kappa shape index (κ1) is 36.2. The third-order valence-electron chi connectivity index (χ3n) is 13.6. The molecule has 9 heteroatoms. The topological polar surface area (TPSA) is 160 Å². The van der Waals surface area contributed by atoms with Crippen molar-refractivity contribution in [2.75, 3.05) is 6.54 Å². The van der Waals surface area contributed by atoms with Gasteiger partial charge in [-0.05, 0) is 132 Å². The lowest BCUT2D eigenvalue weighted by Gasteiger charge is -2.47. The smallest absolute Gasteiger partial charge is 0.306 e. The molecule has 4 fully saturated rings. The number of aliphatic carboxylic acids is 1. The van der Waals surface area contributed by atoms with Crippen molar-refractivity contribution in [3.8, 4) is 0 Å². The molecule has 11 unspecified atom stereocenters. The standard InChI is InChI=1S/C39H64N4O5/c1-25-33(44)11-10-32(42-25)30-9-8-28-12-15-38(13-3-4-14-38)16-17-39(48,23-35(45)46)24-41-37(2)21-29(43-34(40)22-37)19-26-6-5-7-27(18-26)20-31(28)36(30)47/h5-7,18,25,28-34,36,41-44,47-48H,3-4,8-17,19-24,40H2,1-2H3,(H,45,46). The van der Waals surface area contributed by atoms with Crippen LogP contribution in [0.15, 0.2) is 24.3 Å². The molecule has 9 nitrogen and oxygen atoms in total. The molecule has 0 radical (unpaired) electrons. The first-order valence-corrected chi connectivity index (χ1v) is 19.2. The van der Waals surface area contributed by atoms with Gasteiger partial charge < -0.3 is 36.8 Å². The van der Waals surface area contributed by atoms with E-state index in [4.69, 9.17) is 5.73 Å². The van der Waals surface area contributed by atoms with Gasteiger partial charge in [-0.3, -0.25) is 10.1 Å². The summed E-state index contributed by atoms with van der Waals surface area (Å²) in [5, 5.41) is 55.3. The van der Waals surface area contributed by atoms with Crippen LogP contribution < -0.4 is 21.7 Å². The molecule has 1 aromatic rings. The van der Waals surface area contributed by atoms with E-state index in [1.54, 1.807) is 0 Å². The molecule has 48 heavy (non-hydrogen) atoms.